The van der Waals surface area contributed by atoms with E-state index in [-0.39, 0.29) is 0 Å². The number of carbonyl (C=O) groups is 2. The van der Waals surface area contributed by atoms with Gasteiger partial charge in [-0.1, -0.05) is 35.5 Å². The molecule has 0 spiro atoms. The van der Waals surface area contributed by atoms with Crippen LogP contribution in [0, 0.1) is 6.92 Å². The van der Waals surface area contributed by atoms with Crippen LogP contribution in [0.4, 0.5) is 4.79 Å². The second-order valence-electron chi connectivity index (χ2n) is 5.43. The highest BCUT2D eigenvalue weighted by Gasteiger charge is 2.21. The number of carbonyl (C=O) groups excluding carboxylic acids is 2. The summed E-state index contributed by atoms with van der Waals surface area (Å²) in [4.78, 5) is 22.7. The van der Waals surface area contributed by atoms with Crippen molar-refractivity contribution in [1.29, 1.82) is 0 Å². The van der Waals surface area contributed by atoms with Crippen LogP contribution in [-0.4, -0.2) is 45.7 Å². The number of primary amides is 1. The molecule has 2 rings (SSSR count). The minimum Gasteiger partial charge on any atom is -0.383 e. The van der Waals surface area contributed by atoms with Crippen LogP contribution in [0.1, 0.15) is 12.5 Å². The third kappa shape index (κ3) is 5.04. The normalized spacial score (nSPS) is 12.0. The summed E-state index contributed by atoms with van der Waals surface area (Å²) >= 11 is 1.20. The van der Waals surface area contributed by atoms with E-state index in [1.165, 1.54) is 11.8 Å². The Morgan fingerprint density at radius 2 is 2.16 bits per heavy atom. The molecule has 0 aliphatic rings. The predicted octanol–water partition coefficient (Wildman–Crippen LogP) is 1.58. The van der Waals surface area contributed by atoms with E-state index in [0.29, 0.717) is 24.1 Å². The Morgan fingerprint density at radius 3 is 2.80 bits per heavy atom. The lowest BCUT2D eigenvalue weighted by Gasteiger charge is -2.12. The lowest BCUT2D eigenvalue weighted by molar-refractivity contribution is -0.119. The monoisotopic (exact) mass is 363 g/mol. The first-order chi connectivity index (χ1) is 11.9. The molecule has 2 aromatic rings. The SMILES string of the molecule is COCCn1c(S[C@H](C)C(=O)NC(N)=O)nnc1-c1cccc(C)c1. The van der Waals surface area contributed by atoms with Crippen molar-refractivity contribution < 1.29 is 14.3 Å². The molecule has 0 aliphatic carbocycles. The highest BCUT2D eigenvalue weighted by Crippen LogP contribution is 2.27. The molecule has 1 heterocycles. The van der Waals surface area contributed by atoms with Gasteiger partial charge in [-0.15, -0.1) is 10.2 Å². The lowest BCUT2D eigenvalue weighted by atomic mass is 10.1. The Hall–Kier alpha value is -2.39. The van der Waals surface area contributed by atoms with Crippen molar-refractivity contribution >= 4 is 23.7 Å². The van der Waals surface area contributed by atoms with Crippen molar-refractivity contribution in [1.82, 2.24) is 20.1 Å². The molecular formula is C16H21N5O3S. The van der Waals surface area contributed by atoms with Crippen LogP contribution in [0.5, 0.6) is 0 Å². The molecule has 0 saturated carbocycles. The molecule has 0 fully saturated rings. The van der Waals surface area contributed by atoms with E-state index in [0.717, 1.165) is 11.1 Å². The van der Waals surface area contributed by atoms with Crippen molar-refractivity contribution in [3.63, 3.8) is 0 Å². The zero-order chi connectivity index (χ0) is 18.4. The second-order valence-corrected chi connectivity index (χ2v) is 6.74. The molecule has 0 saturated heterocycles. The number of hydrogen-bond donors (Lipinski definition) is 2. The van der Waals surface area contributed by atoms with Gasteiger partial charge in [0.15, 0.2) is 11.0 Å². The Kier molecular flexibility index (Phi) is 6.54. The molecule has 3 N–H and O–H groups in total. The fraction of sp³-hybridized carbons (Fsp3) is 0.375. The summed E-state index contributed by atoms with van der Waals surface area (Å²) in [5.74, 6) is 0.224. The number of ether oxygens (including phenoxy) is 1. The molecule has 0 aliphatic heterocycles. The first-order valence-corrected chi connectivity index (χ1v) is 8.56. The van der Waals surface area contributed by atoms with Gasteiger partial charge in [-0.25, -0.2) is 4.79 Å². The fourth-order valence-electron chi connectivity index (χ4n) is 2.19. The van der Waals surface area contributed by atoms with Gasteiger partial charge in [-0.3, -0.25) is 14.7 Å². The topological polar surface area (TPSA) is 112 Å². The van der Waals surface area contributed by atoms with Crippen LogP contribution in [0.15, 0.2) is 29.4 Å². The highest BCUT2D eigenvalue weighted by molar-refractivity contribution is 8.00. The van der Waals surface area contributed by atoms with E-state index in [2.05, 4.69) is 15.5 Å². The van der Waals surface area contributed by atoms with Crippen LogP contribution < -0.4 is 11.1 Å². The van der Waals surface area contributed by atoms with Gasteiger partial charge in [0.05, 0.1) is 18.4 Å². The second kappa shape index (κ2) is 8.63. The number of urea groups is 1. The van der Waals surface area contributed by atoms with E-state index in [1.54, 1.807) is 14.0 Å². The predicted molar refractivity (Wildman–Crippen MR) is 95.1 cm³/mol. The molecule has 8 nitrogen and oxygen atoms in total. The molecule has 0 bridgehead atoms. The van der Waals surface area contributed by atoms with Crippen molar-refractivity contribution in [3.05, 3.63) is 29.8 Å². The zero-order valence-electron chi connectivity index (χ0n) is 14.4. The van der Waals surface area contributed by atoms with Crippen molar-refractivity contribution in [3.8, 4) is 11.4 Å². The Morgan fingerprint density at radius 1 is 1.40 bits per heavy atom. The van der Waals surface area contributed by atoms with Gasteiger partial charge in [-0.05, 0) is 19.9 Å². The number of hydrogen-bond acceptors (Lipinski definition) is 6. The minimum absolute atomic E-state index is 0.476. The first-order valence-electron chi connectivity index (χ1n) is 7.68. The van der Waals surface area contributed by atoms with Crippen LogP contribution in [0.2, 0.25) is 0 Å². The molecule has 25 heavy (non-hydrogen) atoms. The number of nitrogens with two attached hydrogens (primary N) is 1. The number of rotatable bonds is 7. The Balaban J connectivity index is 2.29. The maximum atomic E-state index is 11.9. The summed E-state index contributed by atoms with van der Waals surface area (Å²) < 4.78 is 7.06. The van der Waals surface area contributed by atoms with Gasteiger partial charge in [0, 0.05) is 12.7 Å². The van der Waals surface area contributed by atoms with E-state index < -0.39 is 17.2 Å². The van der Waals surface area contributed by atoms with Gasteiger partial charge in [0.2, 0.25) is 5.91 Å². The van der Waals surface area contributed by atoms with Crippen LogP contribution in [-0.2, 0) is 16.1 Å². The number of methoxy groups -OCH3 is 1. The number of nitrogens with zero attached hydrogens (tertiary/aromatic N) is 3. The van der Waals surface area contributed by atoms with Crippen molar-refractivity contribution in [2.24, 2.45) is 5.73 Å². The van der Waals surface area contributed by atoms with E-state index in [1.807, 2.05) is 35.8 Å². The first kappa shape index (κ1) is 18.9. The van der Waals surface area contributed by atoms with Crippen molar-refractivity contribution in [2.75, 3.05) is 13.7 Å². The van der Waals surface area contributed by atoms with E-state index in [9.17, 15) is 9.59 Å². The number of benzene rings is 1. The van der Waals surface area contributed by atoms with Crippen LogP contribution in [0.25, 0.3) is 11.4 Å². The Labute approximate surface area is 150 Å². The number of amides is 3. The highest BCUT2D eigenvalue weighted by atomic mass is 32.2. The smallest absolute Gasteiger partial charge is 0.318 e. The summed E-state index contributed by atoms with van der Waals surface area (Å²) in [5, 5.41) is 10.6. The molecule has 1 aromatic heterocycles. The standard InChI is InChI=1S/C16H21N5O3S/c1-10-5-4-6-12(9-10)13-19-20-16(21(13)7-8-24-3)25-11(2)14(22)18-15(17)23/h4-6,9,11H,7-8H2,1-3H3,(H3,17,18,22,23)/t11-/m1/s1. The summed E-state index contributed by atoms with van der Waals surface area (Å²) in [6.07, 6.45) is 0. The average molecular weight is 363 g/mol. The molecule has 9 heteroatoms. The lowest BCUT2D eigenvalue weighted by Crippen LogP contribution is -2.39. The van der Waals surface area contributed by atoms with Gasteiger partial charge < -0.3 is 10.5 Å². The molecule has 0 radical (unpaired) electrons. The van der Waals surface area contributed by atoms with E-state index in [4.69, 9.17) is 10.5 Å². The third-order valence-corrected chi connectivity index (χ3v) is 4.49. The number of aryl methyl sites for hydroxylation is 1. The van der Waals surface area contributed by atoms with Crippen molar-refractivity contribution in [2.45, 2.75) is 30.8 Å². The minimum atomic E-state index is -0.876. The van der Waals surface area contributed by atoms with Crippen LogP contribution in [0.3, 0.4) is 0 Å². The van der Waals surface area contributed by atoms with Gasteiger partial charge in [0.25, 0.3) is 0 Å². The third-order valence-electron chi connectivity index (χ3n) is 3.41. The Bertz CT molecular complexity index is 762. The van der Waals surface area contributed by atoms with Gasteiger partial charge in [-0.2, -0.15) is 0 Å². The molecular weight excluding hydrogens is 342 g/mol. The average Bonchev–Trinajstić information content (AvgIpc) is 2.94. The summed E-state index contributed by atoms with van der Waals surface area (Å²) in [5.41, 5.74) is 7.03. The number of nitrogens with one attached hydrogen (secondary N) is 1. The van der Waals surface area contributed by atoms with Gasteiger partial charge >= 0.3 is 6.03 Å². The maximum absolute atomic E-state index is 11.9. The number of imide groups is 1. The fourth-order valence-corrected chi connectivity index (χ4v) is 3.07. The largest absolute Gasteiger partial charge is 0.383 e. The number of thioether (sulfide) groups is 1. The molecule has 1 atom stereocenters. The molecule has 0 unspecified atom stereocenters. The summed E-state index contributed by atoms with van der Waals surface area (Å²) in [6.45, 7) is 4.70. The number of aromatic nitrogens is 3. The van der Waals surface area contributed by atoms with Crippen LogP contribution >= 0.6 is 11.8 Å². The summed E-state index contributed by atoms with van der Waals surface area (Å²) in [6, 6.07) is 7.06. The molecule has 134 valence electrons. The molecule has 3 amide bonds. The summed E-state index contributed by atoms with van der Waals surface area (Å²) in [7, 11) is 1.62. The molecule has 1 aromatic carbocycles. The van der Waals surface area contributed by atoms with E-state index >= 15 is 0 Å². The zero-order valence-corrected chi connectivity index (χ0v) is 15.2. The maximum Gasteiger partial charge on any atom is 0.318 e. The van der Waals surface area contributed by atoms with Gasteiger partial charge in [0.1, 0.15) is 0 Å². The quantitative estimate of drug-likeness (QED) is 0.722.